The van der Waals surface area contributed by atoms with Crippen LogP contribution in [0, 0.1) is 0 Å². The number of nitrogens with zero attached hydrogens (tertiary/aromatic N) is 3. The summed E-state index contributed by atoms with van der Waals surface area (Å²) in [6.45, 7) is 4.17. The van der Waals surface area contributed by atoms with Gasteiger partial charge in [0.25, 0.3) is 0 Å². The van der Waals surface area contributed by atoms with E-state index in [1.54, 1.807) is 7.05 Å². The summed E-state index contributed by atoms with van der Waals surface area (Å²) in [6, 6.07) is 0.135. The number of rotatable bonds is 6. The first-order valence-electron chi connectivity index (χ1n) is 5.13. The van der Waals surface area contributed by atoms with Crippen molar-refractivity contribution in [3.8, 4) is 6.01 Å². The first-order valence-corrected chi connectivity index (χ1v) is 5.13. The maximum atomic E-state index is 8.91. The van der Waals surface area contributed by atoms with Crippen molar-refractivity contribution in [3.05, 3.63) is 0 Å². The first kappa shape index (κ1) is 12.4. The normalized spacial score (nSPS) is 12.0. The maximum Gasteiger partial charge on any atom is 0.323 e. The van der Waals surface area contributed by atoms with E-state index >= 15 is 0 Å². The summed E-state index contributed by atoms with van der Waals surface area (Å²) in [5, 5.41) is 14.7. The van der Waals surface area contributed by atoms with Crippen molar-refractivity contribution >= 4 is 11.9 Å². The summed E-state index contributed by atoms with van der Waals surface area (Å²) < 4.78 is 5.20. The zero-order valence-corrected chi connectivity index (χ0v) is 9.69. The van der Waals surface area contributed by atoms with Gasteiger partial charge in [-0.15, -0.1) is 0 Å². The van der Waals surface area contributed by atoms with E-state index in [-0.39, 0.29) is 18.7 Å². The summed E-state index contributed by atoms with van der Waals surface area (Å²) in [5.41, 5.74) is 0. The molecule has 0 amide bonds. The highest BCUT2D eigenvalue weighted by Crippen LogP contribution is 2.11. The van der Waals surface area contributed by atoms with E-state index < -0.39 is 0 Å². The first-order chi connectivity index (χ1) is 7.69. The fourth-order valence-corrected chi connectivity index (χ4v) is 0.993. The van der Waals surface area contributed by atoms with Crippen molar-refractivity contribution in [1.29, 1.82) is 0 Å². The van der Waals surface area contributed by atoms with Gasteiger partial charge in [-0.2, -0.15) is 15.0 Å². The van der Waals surface area contributed by atoms with Gasteiger partial charge in [0, 0.05) is 13.1 Å². The van der Waals surface area contributed by atoms with E-state index in [0.717, 1.165) is 0 Å². The minimum absolute atomic E-state index is 0.00450. The average molecular weight is 227 g/mol. The number of ether oxygens (including phenoxy) is 1. The molecule has 3 N–H and O–H groups in total. The Morgan fingerprint density at radius 2 is 2.00 bits per heavy atom. The lowest BCUT2D eigenvalue weighted by Crippen LogP contribution is -2.21. The fourth-order valence-electron chi connectivity index (χ4n) is 0.993. The molecule has 0 aromatic carbocycles. The zero-order valence-electron chi connectivity index (χ0n) is 9.69. The number of nitrogens with one attached hydrogen (secondary N) is 2. The molecule has 1 heterocycles. The largest absolute Gasteiger partial charge is 0.464 e. The molecule has 1 atom stereocenters. The van der Waals surface area contributed by atoms with Crippen LogP contribution in [0.15, 0.2) is 0 Å². The van der Waals surface area contributed by atoms with Gasteiger partial charge in [-0.3, -0.25) is 0 Å². The number of aromatic nitrogens is 3. The number of aliphatic hydroxyl groups is 1. The van der Waals surface area contributed by atoms with Crippen LogP contribution in [0.5, 0.6) is 6.01 Å². The van der Waals surface area contributed by atoms with Gasteiger partial charge in [-0.05, 0) is 13.8 Å². The van der Waals surface area contributed by atoms with Gasteiger partial charge >= 0.3 is 6.01 Å². The lowest BCUT2D eigenvalue weighted by molar-refractivity contribution is 0.280. The summed E-state index contributed by atoms with van der Waals surface area (Å²) in [5.74, 6) is 0.801. The van der Waals surface area contributed by atoms with Crippen LogP contribution in [0.2, 0.25) is 0 Å². The Hall–Kier alpha value is -1.63. The van der Waals surface area contributed by atoms with E-state index in [2.05, 4.69) is 25.6 Å². The number of anilines is 2. The molecule has 0 saturated heterocycles. The summed E-state index contributed by atoms with van der Waals surface area (Å²) in [4.78, 5) is 12.2. The molecule has 0 aliphatic heterocycles. The molecular weight excluding hydrogens is 210 g/mol. The van der Waals surface area contributed by atoms with Crippen molar-refractivity contribution in [3.63, 3.8) is 0 Å². The standard InChI is InChI=1S/C9H17N5O2/c1-4-16-9-13-7(10-3)12-8(14-9)11-6(2)5-15/h6,15H,4-5H2,1-3H3,(H2,10,11,12,13,14). The molecule has 7 heteroatoms. The minimum Gasteiger partial charge on any atom is -0.464 e. The molecule has 0 saturated carbocycles. The Labute approximate surface area is 94.3 Å². The molecule has 0 fully saturated rings. The Bertz CT molecular complexity index is 334. The molecule has 90 valence electrons. The second kappa shape index (κ2) is 6.06. The Kier molecular flexibility index (Phi) is 4.71. The van der Waals surface area contributed by atoms with Crippen LogP contribution in [0.3, 0.4) is 0 Å². The SMILES string of the molecule is CCOc1nc(NC)nc(NC(C)CO)n1. The zero-order chi connectivity index (χ0) is 12.0. The monoisotopic (exact) mass is 227 g/mol. The second-order valence-electron chi connectivity index (χ2n) is 3.18. The van der Waals surface area contributed by atoms with Gasteiger partial charge in [0.15, 0.2) is 0 Å². The molecule has 0 bridgehead atoms. The molecule has 0 spiro atoms. The van der Waals surface area contributed by atoms with Gasteiger partial charge in [0.05, 0.1) is 13.2 Å². The van der Waals surface area contributed by atoms with Gasteiger partial charge in [0.2, 0.25) is 11.9 Å². The molecule has 1 unspecified atom stereocenters. The van der Waals surface area contributed by atoms with E-state index in [1.165, 1.54) is 0 Å². The van der Waals surface area contributed by atoms with E-state index in [4.69, 9.17) is 9.84 Å². The van der Waals surface area contributed by atoms with Gasteiger partial charge in [-0.25, -0.2) is 0 Å². The number of hydrogen-bond acceptors (Lipinski definition) is 7. The van der Waals surface area contributed by atoms with Crippen molar-refractivity contribution in [2.45, 2.75) is 19.9 Å². The smallest absolute Gasteiger partial charge is 0.323 e. The average Bonchev–Trinajstić information content (AvgIpc) is 2.29. The lowest BCUT2D eigenvalue weighted by atomic mass is 10.4. The van der Waals surface area contributed by atoms with Crippen LogP contribution in [0.1, 0.15) is 13.8 Å². The van der Waals surface area contributed by atoms with Gasteiger partial charge in [0.1, 0.15) is 0 Å². The van der Waals surface area contributed by atoms with Gasteiger partial charge < -0.3 is 20.5 Å². The highest BCUT2D eigenvalue weighted by molar-refractivity contribution is 5.35. The molecule has 7 nitrogen and oxygen atoms in total. The maximum absolute atomic E-state index is 8.91. The molecule has 16 heavy (non-hydrogen) atoms. The van der Waals surface area contributed by atoms with Crippen molar-refractivity contribution in [2.24, 2.45) is 0 Å². The molecular formula is C9H17N5O2. The Morgan fingerprint density at radius 3 is 2.56 bits per heavy atom. The van der Waals surface area contributed by atoms with Crippen molar-refractivity contribution < 1.29 is 9.84 Å². The van der Waals surface area contributed by atoms with E-state index in [1.807, 2.05) is 13.8 Å². The van der Waals surface area contributed by atoms with Gasteiger partial charge in [-0.1, -0.05) is 0 Å². The quantitative estimate of drug-likeness (QED) is 0.635. The van der Waals surface area contributed by atoms with Crippen LogP contribution in [0.4, 0.5) is 11.9 Å². The highest BCUT2D eigenvalue weighted by atomic mass is 16.5. The fraction of sp³-hybridized carbons (Fsp3) is 0.667. The predicted octanol–water partition coefficient (Wildman–Crippen LogP) is 0.105. The molecule has 0 aliphatic carbocycles. The third-order valence-corrected chi connectivity index (χ3v) is 1.76. The third kappa shape index (κ3) is 3.50. The minimum atomic E-state index is -0.124. The molecule has 1 rings (SSSR count). The summed E-state index contributed by atoms with van der Waals surface area (Å²) in [6.07, 6.45) is 0. The van der Waals surface area contributed by atoms with Crippen LogP contribution in [-0.2, 0) is 0 Å². The lowest BCUT2D eigenvalue weighted by Gasteiger charge is -2.12. The molecule has 1 aromatic heterocycles. The third-order valence-electron chi connectivity index (χ3n) is 1.76. The Balaban J connectivity index is 2.85. The summed E-state index contributed by atoms with van der Waals surface area (Å²) >= 11 is 0. The van der Waals surface area contributed by atoms with Crippen LogP contribution in [-0.4, -0.2) is 46.4 Å². The predicted molar refractivity (Wildman–Crippen MR) is 60.7 cm³/mol. The molecule has 1 aromatic rings. The number of aliphatic hydroxyl groups excluding tert-OH is 1. The van der Waals surface area contributed by atoms with Crippen molar-refractivity contribution in [2.75, 3.05) is 30.9 Å². The topological polar surface area (TPSA) is 92.2 Å². The molecule has 0 aliphatic rings. The summed E-state index contributed by atoms with van der Waals surface area (Å²) in [7, 11) is 1.71. The van der Waals surface area contributed by atoms with E-state index in [9.17, 15) is 0 Å². The number of hydrogen-bond donors (Lipinski definition) is 3. The van der Waals surface area contributed by atoms with Crippen LogP contribution < -0.4 is 15.4 Å². The van der Waals surface area contributed by atoms with Crippen LogP contribution >= 0.6 is 0 Å². The van der Waals surface area contributed by atoms with Crippen LogP contribution in [0.25, 0.3) is 0 Å². The molecule has 0 radical (unpaired) electrons. The highest BCUT2D eigenvalue weighted by Gasteiger charge is 2.08. The second-order valence-corrected chi connectivity index (χ2v) is 3.18. The van der Waals surface area contributed by atoms with E-state index in [0.29, 0.717) is 18.5 Å². The van der Waals surface area contributed by atoms with Crippen molar-refractivity contribution in [1.82, 2.24) is 15.0 Å². The Morgan fingerprint density at radius 1 is 1.31 bits per heavy atom.